The first kappa shape index (κ1) is 18.0. The molecule has 1 saturated heterocycles. The summed E-state index contributed by atoms with van der Waals surface area (Å²) in [6.45, 7) is 4.06. The number of hydrogen-bond acceptors (Lipinski definition) is 5. The van der Waals surface area contributed by atoms with Crippen molar-refractivity contribution >= 4 is 27.5 Å². The molecule has 29 heavy (non-hydrogen) atoms. The van der Waals surface area contributed by atoms with Crippen LogP contribution in [0.2, 0.25) is 0 Å². The Kier molecular flexibility index (Phi) is 4.83. The van der Waals surface area contributed by atoms with E-state index < -0.39 is 0 Å². The van der Waals surface area contributed by atoms with E-state index >= 15 is 0 Å². The van der Waals surface area contributed by atoms with Crippen molar-refractivity contribution in [3.8, 4) is 5.69 Å². The van der Waals surface area contributed by atoms with Gasteiger partial charge in [0, 0.05) is 44.1 Å². The molecule has 1 fully saturated rings. The van der Waals surface area contributed by atoms with E-state index in [0.717, 1.165) is 54.5 Å². The number of aromatic nitrogens is 3. The van der Waals surface area contributed by atoms with E-state index in [1.54, 1.807) is 22.2 Å². The van der Waals surface area contributed by atoms with Gasteiger partial charge in [-0.15, -0.1) is 11.3 Å². The fraction of sp³-hybridized carbons (Fsp3) is 0.227. The van der Waals surface area contributed by atoms with Crippen LogP contribution in [0.5, 0.6) is 0 Å². The highest BCUT2D eigenvalue weighted by molar-refractivity contribution is 7.18. The first-order valence-electron chi connectivity index (χ1n) is 9.72. The topological polar surface area (TPSA) is 54.3 Å². The molecule has 3 heterocycles. The van der Waals surface area contributed by atoms with Gasteiger partial charge >= 0.3 is 0 Å². The van der Waals surface area contributed by atoms with E-state index in [0.29, 0.717) is 0 Å². The summed E-state index contributed by atoms with van der Waals surface area (Å²) in [6.07, 6.45) is 3.63. The van der Waals surface area contributed by atoms with E-state index in [2.05, 4.69) is 28.2 Å². The van der Waals surface area contributed by atoms with Crippen molar-refractivity contribution in [2.75, 3.05) is 26.2 Å². The van der Waals surface area contributed by atoms with E-state index in [4.69, 9.17) is 4.98 Å². The molecule has 0 radical (unpaired) electrons. The van der Waals surface area contributed by atoms with Gasteiger partial charge in [-0.2, -0.15) is 5.10 Å². The summed E-state index contributed by atoms with van der Waals surface area (Å²) in [6, 6.07) is 17.8. The summed E-state index contributed by atoms with van der Waals surface area (Å²) >= 11 is 1.75. The van der Waals surface area contributed by atoms with Gasteiger partial charge in [0.1, 0.15) is 5.01 Å². The average molecular weight is 404 g/mol. The lowest BCUT2D eigenvalue weighted by atomic mass is 10.1. The highest BCUT2D eigenvalue weighted by Crippen LogP contribution is 2.23. The van der Waals surface area contributed by atoms with Gasteiger partial charge in [-0.3, -0.25) is 9.69 Å². The molecule has 2 aromatic heterocycles. The van der Waals surface area contributed by atoms with E-state index in [9.17, 15) is 4.79 Å². The zero-order chi connectivity index (χ0) is 19.6. The Morgan fingerprint density at radius 2 is 1.76 bits per heavy atom. The summed E-state index contributed by atoms with van der Waals surface area (Å²) < 4.78 is 3.02. The van der Waals surface area contributed by atoms with Crippen LogP contribution in [-0.2, 0) is 6.54 Å². The van der Waals surface area contributed by atoms with Crippen molar-refractivity contribution in [2.45, 2.75) is 6.54 Å². The monoisotopic (exact) mass is 403 g/mol. The average Bonchev–Trinajstić information content (AvgIpc) is 3.43. The summed E-state index contributed by atoms with van der Waals surface area (Å²) in [5, 5.41) is 5.36. The number of fused-ring (bicyclic) bond motifs is 1. The van der Waals surface area contributed by atoms with Crippen molar-refractivity contribution in [2.24, 2.45) is 0 Å². The lowest BCUT2D eigenvalue weighted by Crippen LogP contribution is -2.48. The van der Waals surface area contributed by atoms with E-state index in [-0.39, 0.29) is 5.91 Å². The van der Waals surface area contributed by atoms with Crippen molar-refractivity contribution in [3.05, 3.63) is 77.6 Å². The maximum atomic E-state index is 12.9. The fourth-order valence-electron chi connectivity index (χ4n) is 3.65. The molecular weight excluding hydrogens is 382 g/mol. The first-order valence-corrected chi connectivity index (χ1v) is 10.5. The molecule has 146 valence electrons. The number of thiazole rings is 1. The summed E-state index contributed by atoms with van der Waals surface area (Å²) in [5.74, 6) is 0.0941. The zero-order valence-corrected chi connectivity index (χ0v) is 16.8. The van der Waals surface area contributed by atoms with Gasteiger partial charge < -0.3 is 4.90 Å². The zero-order valence-electron chi connectivity index (χ0n) is 15.9. The molecule has 0 atom stereocenters. The summed E-state index contributed by atoms with van der Waals surface area (Å²) in [7, 11) is 0. The van der Waals surface area contributed by atoms with Crippen LogP contribution in [-0.4, -0.2) is 56.7 Å². The minimum Gasteiger partial charge on any atom is -0.336 e. The number of hydrogen-bond donors (Lipinski definition) is 0. The Balaban J connectivity index is 1.19. The molecule has 6 nitrogen and oxygen atoms in total. The SMILES string of the molecule is O=C(c1ccc(-n2cccn2)cc1)N1CCN(Cc2nc3ccccc3s2)CC1. The molecule has 4 aromatic rings. The molecule has 0 N–H and O–H groups in total. The van der Waals surface area contributed by atoms with Crippen molar-refractivity contribution < 1.29 is 4.79 Å². The van der Waals surface area contributed by atoms with Gasteiger partial charge in [0.05, 0.1) is 22.4 Å². The smallest absolute Gasteiger partial charge is 0.253 e. The van der Waals surface area contributed by atoms with Gasteiger partial charge in [-0.05, 0) is 42.5 Å². The van der Waals surface area contributed by atoms with Crippen molar-refractivity contribution in [1.82, 2.24) is 24.6 Å². The number of benzene rings is 2. The molecule has 0 unspecified atom stereocenters. The molecule has 1 aliphatic rings. The third kappa shape index (κ3) is 3.79. The normalized spacial score (nSPS) is 15.1. The van der Waals surface area contributed by atoms with Gasteiger partial charge in [0.2, 0.25) is 0 Å². The van der Waals surface area contributed by atoms with Gasteiger partial charge in [0.15, 0.2) is 0 Å². The van der Waals surface area contributed by atoms with Crippen molar-refractivity contribution in [1.29, 1.82) is 0 Å². The Labute approximate surface area is 173 Å². The number of rotatable bonds is 4. The fourth-order valence-corrected chi connectivity index (χ4v) is 4.66. The quantitative estimate of drug-likeness (QED) is 0.524. The van der Waals surface area contributed by atoms with Crippen molar-refractivity contribution in [3.63, 3.8) is 0 Å². The lowest BCUT2D eigenvalue weighted by molar-refractivity contribution is 0.0628. The molecule has 1 aliphatic heterocycles. The predicted octanol–water partition coefficient (Wildman–Crippen LogP) is 3.44. The summed E-state index contributed by atoms with van der Waals surface area (Å²) in [4.78, 5) is 21.9. The van der Waals surface area contributed by atoms with E-state index in [1.807, 2.05) is 47.5 Å². The number of para-hydroxylation sites is 1. The second-order valence-electron chi connectivity index (χ2n) is 7.14. The molecule has 0 saturated carbocycles. The second-order valence-corrected chi connectivity index (χ2v) is 8.26. The van der Waals surface area contributed by atoms with Gasteiger partial charge in [-0.25, -0.2) is 9.67 Å². The Morgan fingerprint density at radius 1 is 0.966 bits per heavy atom. The number of carbonyl (C=O) groups is 1. The number of nitrogens with zero attached hydrogens (tertiary/aromatic N) is 5. The minimum absolute atomic E-state index is 0.0941. The molecule has 5 rings (SSSR count). The Morgan fingerprint density at radius 3 is 2.48 bits per heavy atom. The minimum atomic E-state index is 0.0941. The molecule has 7 heteroatoms. The van der Waals surface area contributed by atoms with Crippen LogP contribution in [0.15, 0.2) is 67.0 Å². The largest absolute Gasteiger partial charge is 0.336 e. The third-order valence-corrected chi connectivity index (χ3v) is 6.26. The number of piperazine rings is 1. The van der Waals surface area contributed by atoms with Crippen LogP contribution < -0.4 is 0 Å². The van der Waals surface area contributed by atoms with Crippen LogP contribution in [0.3, 0.4) is 0 Å². The highest BCUT2D eigenvalue weighted by Gasteiger charge is 2.23. The first-order chi connectivity index (χ1) is 14.3. The lowest BCUT2D eigenvalue weighted by Gasteiger charge is -2.34. The Bertz CT molecular complexity index is 1080. The van der Waals surface area contributed by atoms with Gasteiger partial charge in [-0.1, -0.05) is 12.1 Å². The van der Waals surface area contributed by atoms with Crippen LogP contribution in [0.4, 0.5) is 0 Å². The van der Waals surface area contributed by atoms with Crippen LogP contribution in [0.25, 0.3) is 15.9 Å². The second kappa shape index (κ2) is 7.77. The predicted molar refractivity (Wildman–Crippen MR) is 114 cm³/mol. The highest BCUT2D eigenvalue weighted by atomic mass is 32.1. The maximum Gasteiger partial charge on any atom is 0.253 e. The van der Waals surface area contributed by atoms with E-state index in [1.165, 1.54) is 4.70 Å². The standard InChI is InChI=1S/C22H21N5OS/c28-22(17-6-8-18(9-7-17)27-11-3-10-23-27)26-14-12-25(13-15-26)16-21-24-19-4-1-2-5-20(19)29-21/h1-11H,12-16H2. The molecular formula is C22H21N5OS. The summed E-state index contributed by atoms with van der Waals surface area (Å²) in [5.41, 5.74) is 2.74. The van der Waals surface area contributed by atoms with Gasteiger partial charge in [0.25, 0.3) is 5.91 Å². The number of amides is 1. The van der Waals surface area contributed by atoms with Crippen LogP contribution in [0, 0.1) is 0 Å². The van der Waals surface area contributed by atoms with Crippen LogP contribution in [0.1, 0.15) is 15.4 Å². The maximum absolute atomic E-state index is 12.9. The molecule has 2 aromatic carbocycles. The third-order valence-electron chi connectivity index (χ3n) is 5.24. The molecule has 1 amide bonds. The Hall–Kier alpha value is -3.03. The molecule has 0 spiro atoms. The van der Waals surface area contributed by atoms with Crippen LogP contribution >= 0.6 is 11.3 Å². The molecule has 0 aliphatic carbocycles. The number of carbonyl (C=O) groups excluding carboxylic acids is 1. The molecule has 0 bridgehead atoms.